The molecule has 3 nitrogen and oxygen atoms in total. The van der Waals surface area contributed by atoms with Crippen molar-refractivity contribution in [3.8, 4) is 5.75 Å². The first-order valence-electron chi connectivity index (χ1n) is 6.22. The Labute approximate surface area is 105 Å². The van der Waals surface area contributed by atoms with Gasteiger partial charge in [0, 0.05) is 17.0 Å². The van der Waals surface area contributed by atoms with E-state index in [4.69, 9.17) is 9.15 Å². The highest BCUT2D eigenvalue weighted by Crippen LogP contribution is 2.37. The van der Waals surface area contributed by atoms with Gasteiger partial charge in [0.2, 0.25) is 0 Å². The third-order valence-electron chi connectivity index (χ3n) is 3.54. The Bertz CT molecular complexity index is 680. The van der Waals surface area contributed by atoms with Gasteiger partial charge >= 0.3 is 5.63 Å². The van der Waals surface area contributed by atoms with Crippen molar-refractivity contribution in [3.63, 3.8) is 0 Å². The van der Waals surface area contributed by atoms with Crippen LogP contribution in [-0.2, 0) is 6.42 Å². The van der Waals surface area contributed by atoms with Crippen molar-refractivity contribution >= 4 is 11.0 Å². The van der Waals surface area contributed by atoms with Gasteiger partial charge in [-0.3, -0.25) is 0 Å². The summed E-state index contributed by atoms with van der Waals surface area (Å²) in [6, 6.07) is 5.47. The first kappa shape index (κ1) is 11.3. The van der Waals surface area contributed by atoms with Crippen molar-refractivity contribution in [1.29, 1.82) is 0 Å². The summed E-state index contributed by atoms with van der Waals surface area (Å²) in [7, 11) is 0. The molecule has 0 bridgehead atoms. The molecule has 2 heterocycles. The Balaban J connectivity index is 2.30. The van der Waals surface area contributed by atoms with Gasteiger partial charge < -0.3 is 9.15 Å². The minimum Gasteiger partial charge on any atom is -0.487 e. The fourth-order valence-corrected chi connectivity index (χ4v) is 2.53. The summed E-state index contributed by atoms with van der Waals surface area (Å²) in [5.74, 6) is 0.840. The number of hydrogen-bond donors (Lipinski definition) is 0. The lowest BCUT2D eigenvalue weighted by Gasteiger charge is -2.32. The second kappa shape index (κ2) is 3.61. The summed E-state index contributed by atoms with van der Waals surface area (Å²) >= 11 is 0. The highest BCUT2D eigenvalue weighted by Gasteiger charge is 2.28. The van der Waals surface area contributed by atoms with Gasteiger partial charge in [-0.15, -0.1) is 0 Å². The van der Waals surface area contributed by atoms with Gasteiger partial charge in [-0.05, 0) is 51.3 Å². The number of benzene rings is 1. The van der Waals surface area contributed by atoms with Crippen molar-refractivity contribution in [2.75, 3.05) is 0 Å². The molecule has 0 amide bonds. The average Bonchev–Trinajstić information content (AvgIpc) is 2.26. The molecule has 0 saturated heterocycles. The van der Waals surface area contributed by atoms with Crippen molar-refractivity contribution < 1.29 is 9.15 Å². The fourth-order valence-electron chi connectivity index (χ4n) is 2.53. The smallest absolute Gasteiger partial charge is 0.336 e. The largest absolute Gasteiger partial charge is 0.487 e. The first-order chi connectivity index (χ1) is 8.46. The quantitative estimate of drug-likeness (QED) is 0.668. The van der Waals surface area contributed by atoms with E-state index < -0.39 is 0 Å². The zero-order valence-electron chi connectivity index (χ0n) is 10.9. The van der Waals surface area contributed by atoms with E-state index in [0.717, 1.165) is 35.1 Å². The summed E-state index contributed by atoms with van der Waals surface area (Å²) in [6.07, 6.45) is 1.81. The maximum atomic E-state index is 11.5. The van der Waals surface area contributed by atoms with E-state index in [2.05, 4.69) is 13.8 Å². The molecule has 0 radical (unpaired) electrons. The molecular formula is C15H16O3. The number of hydrogen-bond acceptors (Lipinski definition) is 3. The van der Waals surface area contributed by atoms with E-state index >= 15 is 0 Å². The Morgan fingerprint density at radius 2 is 2.06 bits per heavy atom. The van der Waals surface area contributed by atoms with Crippen LogP contribution in [0.3, 0.4) is 0 Å². The predicted molar refractivity (Wildman–Crippen MR) is 70.2 cm³/mol. The zero-order chi connectivity index (χ0) is 12.9. The third-order valence-corrected chi connectivity index (χ3v) is 3.54. The summed E-state index contributed by atoms with van der Waals surface area (Å²) < 4.78 is 11.3. The Hall–Kier alpha value is -1.77. The maximum absolute atomic E-state index is 11.5. The molecule has 0 fully saturated rings. The molecule has 3 heteroatoms. The second-order valence-electron chi connectivity index (χ2n) is 5.53. The average molecular weight is 244 g/mol. The maximum Gasteiger partial charge on any atom is 0.336 e. The standard InChI is InChI=1S/C15H16O3/c1-9-8-13(16)17-14-10(9)4-5-12-11(14)6-7-15(2,3)18-12/h4-5,8H,6-7H2,1-3H3. The van der Waals surface area contributed by atoms with Gasteiger partial charge in [-0.25, -0.2) is 4.79 Å². The minimum absolute atomic E-state index is 0.148. The molecule has 0 N–H and O–H groups in total. The molecule has 0 spiro atoms. The number of rotatable bonds is 0. The number of ether oxygens (including phenoxy) is 1. The van der Waals surface area contributed by atoms with Crippen LogP contribution in [0.1, 0.15) is 31.4 Å². The summed E-state index contributed by atoms with van der Waals surface area (Å²) in [5, 5.41) is 0.997. The van der Waals surface area contributed by atoms with Crippen LogP contribution in [0, 0.1) is 6.92 Å². The van der Waals surface area contributed by atoms with E-state index in [9.17, 15) is 4.79 Å². The van der Waals surface area contributed by atoms with Gasteiger partial charge in [-0.2, -0.15) is 0 Å². The molecule has 0 saturated carbocycles. The molecule has 1 aliphatic heterocycles. The van der Waals surface area contributed by atoms with E-state index in [1.54, 1.807) is 0 Å². The van der Waals surface area contributed by atoms with E-state index in [1.165, 1.54) is 6.07 Å². The SMILES string of the molecule is Cc1cc(=O)oc2c3c(ccc12)OC(C)(C)CC3. The van der Waals surface area contributed by atoms with Crippen LogP contribution in [0.25, 0.3) is 11.0 Å². The van der Waals surface area contributed by atoms with Crippen molar-refractivity contribution in [3.05, 3.63) is 39.7 Å². The molecule has 0 atom stereocenters. The summed E-state index contributed by atoms with van der Waals surface area (Å²) in [6.45, 7) is 6.08. The molecule has 1 aromatic heterocycles. The van der Waals surface area contributed by atoms with Crippen molar-refractivity contribution in [2.24, 2.45) is 0 Å². The van der Waals surface area contributed by atoms with Crippen molar-refractivity contribution in [1.82, 2.24) is 0 Å². The van der Waals surface area contributed by atoms with Gasteiger partial charge in [0.25, 0.3) is 0 Å². The van der Waals surface area contributed by atoms with Gasteiger partial charge in [0.05, 0.1) is 0 Å². The van der Waals surface area contributed by atoms with Crippen LogP contribution < -0.4 is 10.4 Å². The molecule has 1 aliphatic rings. The Morgan fingerprint density at radius 1 is 1.28 bits per heavy atom. The highest BCUT2D eigenvalue weighted by molar-refractivity contribution is 5.85. The molecule has 0 aliphatic carbocycles. The van der Waals surface area contributed by atoms with Crippen LogP contribution in [0.2, 0.25) is 0 Å². The molecule has 1 aromatic carbocycles. The second-order valence-corrected chi connectivity index (χ2v) is 5.53. The van der Waals surface area contributed by atoms with Crippen LogP contribution in [0.15, 0.2) is 27.4 Å². The molecule has 2 aromatic rings. The Morgan fingerprint density at radius 3 is 2.83 bits per heavy atom. The Kier molecular flexibility index (Phi) is 2.27. The molecule has 18 heavy (non-hydrogen) atoms. The monoisotopic (exact) mass is 244 g/mol. The normalized spacial score (nSPS) is 17.3. The minimum atomic E-state index is -0.293. The van der Waals surface area contributed by atoms with E-state index in [0.29, 0.717) is 5.58 Å². The molecule has 94 valence electrons. The fraction of sp³-hybridized carbons (Fsp3) is 0.400. The molecule has 3 rings (SSSR count). The summed E-state index contributed by atoms with van der Waals surface area (Å²) in [4.78, 5) is 11.5. The topological polar surface area (TPSA) is 39.4 Å². The van der Waals surface area contributed by atoms with Crippen LogP contribution >= 0.6 is 0 Å². The van der Waals surface area contributed by atoms with Crippen molar-refractivity contribution in [2.45, 2.75) is 39.2 Å². The number of fused-ring (bicyclic) bond motifs is 3. The predicted octanol–water partition coefficient (Wildman–Crippen LogP) is 3.21. The summed E-state index contributed by atoms with van der Waals surface area (Å²) in [5.41, 5.74) is 2.22. The molecule has 0 unspecified atom stereocenters. The number of aryl methyl sites for hydroxylation is 2. The van der Waals surface area contributed by atoms with E-state index in [-0.39, 0.29) is 11.2 Å². The lowest BCUT2D eigenvalue weighted by molar-refractivity contribution is 0.0849. The van der Waals surface area contributed by atoms with Crippen LogP contribution in [-0.4, -0.2) is 5.60 Å². The van der Waals surface area contributed by atoms with Crippen LogP contribution in [0.5, 0.6) is 5.75 Å². The lowest BCUT2D eigenvalue weighted by atomic mass is 9.92. The lowest BCUT2D eigenvalue weighted by Crippen LogP contribution is -2.32. The highest BCUT2D eigenvalue weighted by atomic mass is 16.5. The zero-order valence-corrected chi connectivity index (χ0v) is 10.9. The third kappa shape index (κ3) is 1.70. The van der Waals surface area contributed by atoms with Gasteiger partial charge in [-0.1, -0.05) is 0 Å². The van der Waals surface area contributed by atoms with Gasteiger partial charge in [0.1, 0.15) is 16.9 Å². The van der Waals surface area contributed by atoms with Crippen LogP contribution in [0.4, 0.5) is 0 Å². The van der Waals surface area contributed by atoms with E-state index in [1.807, 2.05) is 19.1 Å². The first-order valence-corrected chi connectivity index (χ1v) is 6.22. The van der Waals surface area contributed by atoms with Gasteiger partial charge in [0.15, 0.2) is 0 Å². The molecular weight excluding hydrogens is 228 g/mol.